The summed E-state index contributed by atoms with van der Waals surface area (Å²) in [6.45, 7) is 0. The Hall–Kier alpha value is 2.01. The van der Waals surface area contributed by atoms with E-state index in [4.69, 9.17) is 29.4 Å². The van der Waals surface area contributed by atoms with Crippen LogP contribution in [0.15, 0.2) is 0 Å². The summed E-state index contributed by atoms with van der Waals surface area (Å²) < 4.78 is 27.8. The normalized spacial score (nSPS) is 13.7. The van der Waals surface area contributed by atoms with Crippen LogP contribution in [0.1, 0.15) is 0 Å². The summed E-state index contributed by atoms with van der Waals surface area (Å²) in [6, 6.07) is 0. The Kier molecular flexibility index (Phi) is 9.31. The summed E-state index contributed by atoms with van der Waals surface area (Å²) in [5, 5.41) is 0. The zero-order valence-corrected chi connectivity index (χ0v) is 13.7. The number of rotatable bonds is 3. The third-order valence-corrected chi connectivity index (χ3v) is 8.89. The quantitative estimate of drug-likeness (QED) is 0.193. The van der Waals surface area contributed by atoms with Crippen LogP contribution in [0, 0.1) is 0 Å². The van der Waals surface area contributed by atoms with Gasteiger partial charge in [0.2, 0.25) is 0 Å². The standard InChI is InChI=1S/CH8NO9P3.K.O/c2-1(12(3,4)5,13(6,7)8)14(9,10)11;;/h2H2,(H2,3,4,5)(H2,6,7,8)(H2,9,10,11);;/q;+1;-2/p+1. The fraction of sp³-hybridized carbons (Fsp3) is 1.00. The van der Waals surface area contributed by atoms with E-state index in [9.17, 15) is 13.7 Å². The first kappa shape index (κ1) is 23.1. The molecule has 94 valence electrons. The van der Waals surface area contributed by atoms with Crippen LogP contribution in [-0.4, -0.2) is 34.1 Å². The van der Waals surface area contributed by atoms with Crippen molar-refractivity contribution in [2.75, 3.05) is 0 Å². The van der Waals surface area contributed by atoms with Crippen molar-refractivity contribution in [3.05, 3.63) is 0 Å². The van der Waals surface area contributed by atoms with Gasteiger partial charge in [0, 0.05) is 0 Å². The average molecular weight is 327 g/mol. The molecule has 9 N–H and O–H groups in total. The Labute approximate surface area is 132 Å². The Morgan fingerprint density at radius 2 is 0.875 bits per heavy atom. The van der Waals surface area contributed by atoms with Crippen LogP contribution >= 0.6 is 22.8 Å². The van der Waals surface area contributed by atoms with E-state index in [-0.39, 0.29) is 56.9 Å². The van der Waals surface area contributed by atoms with Gasteiger partial charge < -0.3 is 40.6 Å². The Morgan fingerprint density at radius 1 is 0.750 bits per heavy atom. The van der Waals surface area contributed by atoms with Crippen LogP contribution in [0.4, 0.5) is 0 Å². The van der Waals surface area contributed by atoms with E-state index in [1.807, 2.05) is 0 Å². The fourth-order valence-electron chi connectivity index (χ4n) is 0.509. The largest absolute Gasteiger partial charge is 2.00 e. The minimum Gasteiger partial charge on any atom is -2.00 e. The minimum absolute atomic E-state index is 0. The Balaban J connectivity index is -0.000000845. The van der Waals surface area contributed by atoms with Crippen molar-refractivity contribution in [3.8, 4) is 0 Å². The van der Waals surface area contributed by atoms with E-state index < -0.39 is 27.5 Å². The van der Waals surface area contributed by atoms with Gasteiger partial charge in [0.1, 0.15) is 0 Å². The number of hydrogen-bond donors (Lipinski definition) is 7. The zero-order valence-electron chi connectivity index (χ0n) is 7.87. The second-order valence-corrected chi connectivity index (χ2v) is 9.02. The first-order chi connectivity index (χ1) is 5.75. The van der Waals surface area contributed by atoms with E-state index >= 15 is 0 Å². The van der Waals surface area contributed by atoms with Crippen molar-refractivity contribution >= 4 is 22.8 Å². The molecule has 0 fully saturated rings. The van der Waals surface area contributed by atoms with Crippen molar-refractivity contribution < 1.29 is 106 Å². The molecule has 0 aromatic rings. The predicted octanol–water partition coefficient (Wildman–Crippen LogP) is -5.74. The van der Waals surface area contributed by atoms with Gasteiger partial charge in [0.05, 0.1) is 0 Å². The maximum atomic E-state index is 10.6. The summed E-state index contributed by atoms with van der Waals surface area (Å²) in [7, 11) is -17.3. The van der Waals surface area contributed by atoms with Gasteiger partial charge >= 0.3 is 78.9 Å². The van der Waals surface area contributed by atoms with Crippen LogP contribution < -0.4 is 57.1 Å². The molecule has 15 heteroatoms. The number of quaternary nitrogens is 1. The SMILES string of the molecule is [K+].[NH3+]C(P(=O)(O)O)(P(=O)(O)O)P(=O)(O)O.[O-2]. The molecule has 0 amide bonds. The summed E-state index contributed by atoms with van der Waals surface area (Å²) in [4.78, 5) is 50.8. The van der Waals surface area contributed by atoms with Crippen molar-refractivity contribution in [1.82, 2.24) is 0 Å². The molecule has 0 aromatic heterocycles. The molecule has 0 unspecified atom stereocenters. The second-order valence-electron chi connectivity index (χ2n) is 2.41. The summed E-state index contributed by atoms with van der Waals surface area (Å²) in [5.41, 5.74) is 2.29. The van der Waals surface area contributed by atoms with Gasteiger partial charge in [0.25, 0.3) is 0 Å². The van der Waals surface area contributed by atoms with Crippen molar-refractivity contribution in [2.45, 2.75) is 4.76 Å². The second kappa shape index (κ2) is 6.44. The Morgan fingerprint density at radius 3 is 0.875 bits per heavy atom. The van der Waals surface area contributed by atoms with Gasteiger partial charge in [-0.1, -0.05) is 0 Å². The maximum absolute atomic E-state index is 10.6. The van der Waals surface area contributed by atoms with E-state index in [0.29, 0.717) is 0 Å². The molecule has 0 aliphatic heterocycles. The van der Waals surface area contributed by atoms with Gasteiger partial charge in [-0.3, -0.25) is 13.7 Å². The molecular formula is CH9KNO10P3. The molecule has 0 bridgehead atoms. The molecule has 0 atom stereocenters. The van der Waals surface area contributed by atoms with Crippen LogP contribution in [0.25, 0.3) is 0 Å². The molecule has 0 radical (unpaired) electrons. The molecule has 0 spiro atoms. The summed E-state index contributed by atoms with van der Waals surface area (Å²) in [5.74, 6) is 0. The molecule has 11 nitrogen and oxygen atoms in total. The van der Waals surface area contributed by atoms with Gasteiger partial charge in [-0.05, 0) is 0 Å². The van der Waals surface area contributed by atoms with E-state index in [0.717, 1.165) is 0 Å². The first-order valence-corrected chi connectivity index (χ1v) is 7.61. The maximum Gasteiger partial charge on any atom is 1.00 e. The van der Waals surface area contributed by atoms with Crippen LogP contribution in [0.5, 0.6) is 0 Å². The van der Waals surface area contributed by atoms with Crippen molar-refractivity contribution in [3.63, 3.8) is 0 Å². The molecule has 0 aromatic carbocycles. The number of hydrogen-bond acceptors (Lipinski definition) is 3. The molecule has 0 saturated carbocycles. The third kappa shape index (κ3) is 4.28. The molecule has 0 heterocycles. The fourth-order valence-corrected chi connectivity index (χ4v) is 4.58. The van der Waals surface area contributed by atoms with Gasteiger partial charge in [0.15, 0.2) is 0 Å². The average Bonchev–Trinajstić information content (AvgIpc) is 1.77. The third-order valence-electron chi connectivity index (χ3n) is 1.40. The van der Waals surface area contributed by atoms with E-state index in [1.165, 1.54) is 0 Å². The molecule has 0 aliphatic rings. The van der Waals surface area contributed by atoms with Crippen LogP contribution in [0.3, 0.4) is 0 Å². The first-order valence-electron chi connectivity index (χ1n) is 2.77. The molecule has 0 rings (SSSR count). The predicted molar refractivity (Wildman–Crippen MR) is 42.4 cm³/mol. The monoisotopic (exact) mass is 327 g/mol. The topological polar surface area (TPSA) is 229 Å². The summed E-state index contributed by atoms with van der Waals surface area (Å²) in [6.07, 6.45) is 0. The van der Waals surface area contributed by atoms with Gasteiger partial charge in [-0.25, -0.2) is 0 Å². The van der Waals surface area contributed by atoms with Crippen molar-refractivity contribution in [1.29, 1.82) is 0 Å². The molecule has 0 aliphatic carbocycles. The molecule has 0 saturated heterocycles. The summed E-state index contributed by atoms with van der Waals surface area (Å²) >= 11 is 0. The minimum atomic E-state index is -5.77. The van der Waals surface area contributed by atoms with E-state index in [1.54, 1.807) is 0 Å². The molecular weight excluding hydrogens is 318 g/mol. The smallest absolute Gasteiger partial charge is 1.00 e. The van der Waals surface area contributed by atoms with Crippen LogP contribution in [0.2, 0.25) is 0 Å². The Bertz CT molecular complexity index is 305. The van der Waals surface area contributed by atoms with Gasteiger partial charge in [-0.15, -0.1) is 0 Å². The van der Waals surface area contributed by atoms with Crippen molar-refractivity contribution in [2.24, 2.45) is 0 Å². The molecule has 16 heavy (non-hydrogen) atoms. The van der Waals surface area contributed by atoms with E-state index in [2.05, 4.69) is 5.73 Å². The van der Waals surface area contributed by atoms with Crippen LogP contribution in [-0.2, 0) is 19.2 Å². The van der Waals surface area contributed by atoms with Gasteiger partial charge in [-0.2, -0.15) is 0 Å². The zero-order chi connectivity index (χ0) is 12.0.